The fraction of sp³-hybridized carbons (Fsp3) is 0.211. The van der Waals surface area contributed by atoms with E-state index in [2.05, 4.69) is 4.98 Å². The molecule has 0 atom stereocenters. The maximum atomic E-state index is 13.1. The van der Waals surface area contributed by atoms with Crippen LogP contribution in [0.25, 0.3) is 10.9 Å². The lowest BCUT2D eigenvalue weighted by Crippen LogP contribution is -2.29. The predicted octanol–water partition coefficient (Wildman–Crippen LogP) is 3.96. The van der Waals surface area contributed by atoms with Gasteiger partial charge in [-0.2, -0.15) is 0 Å². The molecular formula is C19H17ClN2O3S. The van der Waals surface area contributed by atoms with Crippen molar-refractivity contribution in [2.45, 2.75) is 18.2 Å². The van der Waals surface area contributed by atoms with Gasteiger partial charge in [-0.15, -0.1) is 0 Å². The highest BCUT2D eigenvalue weighted by Gasteiger charge is 2.32. The van der Waals surface area contributed by atoms with Gasteiger partial charge in [0.25, 0.3) is 10.0 Å². The number of anilines is 1. The minimum Gasteiger partial charge on any atom is -0.495 e. The highest BCUT2D eigenvalue weighted by molar-refractivity contribution is 7.92. The van der Waals surface area contributed by atoms with Gasteiger partial charge >= 0.3 is 0 Å². The smallest absolute Gasteiger partial charge is 0.265 e. The Labute approximate surface area is 157 Å². The van der Waals surface area contributed by atoms with Gasteiger partial charge in [-0.3, -0.25) is 0 Å². The van der Waals surface area contributed by atoms with Crippen molar-refractivity contribution >= 4 is 38.3 Å². The molecule has 3 aromatic rings. The number of hydrogen-bond acceptors (Lipinski definition) is 4. The molecule has 0 N–H and O–H groups in total. The van der Waals surface area contributed by atoms with Crippen LogP contribution in [0.1, 0.15) is 11.1 Å². The molecular weight excluding hydrogens is 372 g/mol. The highest BCUT2D eigenvalue weighted by Crippen LogP contribution is 2.35. The van der Waals surface area contributed by atoms with Crippen molar-refractivity contribution in [2.24, 2.45) is 0 Å². The molecule has 26 heavy (non-hydrogen) atoms. The van der Waals surface area contributed by atoms with Crippen molar-refractivity contribution < 1.29 is 13.2 Å². The normalized spacial score (nSPS) is 13.9. The highest BCUT2D eigenvalue weighted by atomic mass is 35.5. The summed E-state index contributed by atoms with van der Waals surface area (Å²) in [5, 5.41) is 1.27. The Balaban J connectivity index is 1.82. The van der Waals surface area contributed by atoms with Crippen LogP contribution in [0.5, 0.6) is 5.75 Å². The summed E-state index contributed by atoms with van der Waals surface area (Å²) in [6.45, 7) is 2.35. The molecule has 1 aromatic heterocycles. The molecule has 134 valence electrons. The molecule has 1 aliphatic heterocycles. The lowest BCUT2D eigenvalue weighted by atomic mass is 10.1. The van der Waals surface area contributed by atoms with Crippen LogP contribution in [-0.4, -0.2) is 27.1 Å². The number of hydrogen-bond donors (Lipinski definition) is 0. The number of ether oxygens (including phenoxy) is 1. The zero-order chi connectivity index (χ0) is 18.5. The first-order valence-electron chi connectivity index (χ1n) is 8.17. The van der Waals surface area contributed by atoms with Gasteiger partial charge in [-0.1, -0.05) is 23.7 Å². The van der Waals surface area contributed by atoms with Crippen molar-refractivity contribution in [3.8, 4) is 5.75 Å². The summed E-state index contributed by atoms with van der Waals surface area (Å²) >= 11 is 6.11. The van der Waals surface area contributed by atoms with Crippen LogP contribution in [0.4, 0.5) is 5.82 Å². The number of rotatable bonds is 3. The van der Waals surface area contributed by atoms with Crippen molar-refractivity contribution in [1.29, 1.82) is 0 Å². The molecule has 2 heterocycles. The predicted molar refractivity (Wildman–Crippen MR) is 103 cm³/mol. The lowest BCUT2D eigenvalue weighted by molar-refractivity contribution is 0.414. The number of fused-ring (bicyclic) bond motifs is 2. The number of halogens is 1. The summed E-state index contributed by atoms with van der Waals surface area (Å²) in [4.78, 5) is 4.76. The number of aromatic nitrogens is 1. The van der Waals surface area contributed by atoms with E-state index in [9.17, 15) is 8.42 Å². The zero-order valence-corrected chi connectivity index (χ0v) is 15.9. The molecule has 0 spiro atoms. The van der Waals surface area contributed by atoms with E-state index < -0.39 is 10.0 Å². The maximum absolute atomic E-state index is 13.1. The quantitative estimate of drug-likeness (QED) is 0.681. The number of methoxy groups -OCH3 is 1. The van der Waals surface area contributed by atoms with Gasteiger partial charge in [0.2, 0.25) is 0 Å². The molecule has 0 saturated heterocycles. The number of nitrogens with zero attached hydrogens (tertiary/aromatic N) is 2. The van der Waals surface area contributed by atoms with Gasteiger partial charge in [0.15, 0.2) is 0 Å². The van der Waals surface area contributed by atoms with Gasteiger partial charge in [0.1, 0.15) is 11.6 Å². The summed E-state index contributed by atoms with van der Waals surface area (Å²) in [7, 11) is -2.26. The van der Waals surface area contributed by atoms with Crippen LogP contribution in [0, 0.1) is 6.92 Å². The fourth-order valence-corrected chi connectivity index (χ4v) is 5.01. The van der Waals surface area contributed by atoms with Crippen LogP contribution in [0.2, 0.25) is 5.02 Å². The largest absolute Gasteiger partial charge is 0.495 e. The summed E-state index contributed by atoms with van der Waals surface area (Å²) < 4.78 is 32.7. The van der Waals surface area contributed by atoms with Crippen molar-refractivity contribution in [3.63, 3.8) is 0 Å². The van der Waals surface area contributed by atoms with Crippen LogP contribution in [0.3, 0.4) is 0 Å². The van der Waals surface area contributed by atoms with E-state index >= 15 is 0 Å². The summed E-state index contributed by atoms with van der Waals surface area (Å²) in [5.41, 5.74) is 2.81. The Hall–Kier alpha value is -2.31. The van der Waals surface area contributed by atoms with Gasteiger partial charge in [0.05, 0.1) is 22.5 Å². The molecule has 5 nitrogen and oxygen atoms in total. The van der Waals surface area contributed by atoms with Gasteiger partial charge < -0.3 is 4.74 Å². The molecule has 4 rings (SSSR count). The Morgan fingerprint density at radius 3 is 2.69 bits per heavy atom. The summed E-state index contributed by atoms with van der Waals surface area (Å²) in [5.74, 6) is 0.932. The van der Waals surface area contributed by atoms with Gasteiger partial charge in [-0.05, 0) is 54.8 Å². The molecule has 0 fully saturated rings. The van der Waals surface area contributed by atoms with Gasteiger partial charge in [0, 0.05) is 11.9 Å². The van der Waals surface area contributed by atoms with Gasteiger partial charge in [-0.25, -0.2) is 17.7 Å². The zero-order valence-electron chi connectivity index (χ0n) is 14.4. The van der Waals surface area contributed by atoms with Crippen molar-refractivity contribution in [3.05, 3.63) is 58.6 Å². The van der Waals surface area contributed by atoms with E-state index in [0.29, 0.717) is 24.5 Å². The second-order valence-electron chi connectivity index (χ2n) is 6.29. The molecule has 0 bridgehead atoms. The molecule has 0 saturated carbocycles. The van der Waals surface area contributed by atoms with E-state index in [-0.39, 0.29) is 9.92 Å². The Morgan fingerprint density at radius 1 is 1.15 bits per heavy atom. The Kier molecular flexibility index (Phi) is 4.04. The number of sulfonamides is 1. The summed E-state index contributed by atoms with van der Waals surface area (Å²) in [6.07, 6.45) is 0.634. The van der Waals surface area contributed by atoms with Crippen LogP contribution < -0.4 is 9.04 Å². The van der Waals surface area contributed by atoms with E-state index in [1.54, 1.807) is 6.07 Å². The van der Waals surface area contributed by atoms with E-state index in [1.807, 2.05) is 31.2 Å². The van der Waals surface area contributed by atoms with Crippen molar-refractivity contribution in [2.75, 3.05) is 18.0 Å². The van der Waals surface area contributed by atoms with E-state index in [4.69, 9.17) is 16.3 Å². The molecule has 0 amide bonds. The third-order valence-electron chi connectivity index (χ3n) is 4.56. The first kappa shape index (κ1) is 17.1. The van der Waals surface area contributed by atoms with E-state index in [1.165, 1.54) is 23.5 Å². The SMILES string of the molecule is COc1ccc(S(=O)(=O)N2CCc3cc4ccc(C)cc4nc32)cc1Cl. The lowest BCUT2D eigenvalue weighted by Gasteiger charge is -2.19. The molecule has 0 aliphatic carbocycles. The topological polar surface area (TPSA) is 59.5 Å². The third-order valence-corrected chi connectivity index (χ3v) is 6.64. The average Bonchev–Trinajstić information content (AvgIpc) is 3.03. The summed E-state index contributed by atoms with van der Waals surface area (Å²) in [6, 6.07) is 12.5. The monoisotopic (exact) mass is 388 g/mol. The molecule has 2 aromatic carbocycles. The van der Waals surface area contributed by atoms with Crippen LogP contribution in [-0.2, 0) is 16.4 Å². The number of benzene rings is 2. The van der Waals surface area contributed by atoms with Crippen molar-refractivity contribution in [1.82, 2.24) is 4.98 Å². The average molecular weight is 389 g/mol. The Bertz CT molecular complexity index is 1130. The minimum absolute atomic E-state index is 0.127. The minimum atomic E-state index is -3.75. The molecule has 7 heteroatoms. The van der Waals surface area contributed by atoms with E-state index in [0.717, 1.165) is 22.0 Å². The second-order valence-corrected chi connectivity index (χ2v) is 8.56. The molecule has 1 aliphatic rings. The maximum Gasteiger partial charge on any atom is 0.265 e. The molecule has 0 unspecified atom stereocenters. The number of aryl methyl sites for hydroxylation is 1. The van der Waals surface area contributed by atoms with Crippen LogP contribution in [0.15, 0.2) is 47.4 Å². The first-order chi connectivity index (χ1) is 12.4. The first-order valence-corrected chi connectivity index (χ1v) is 9.98. The second kappa shape index (κ2) is 6.14. The Morgan fingerprint density at radius 2 is 1.96 bits per heavy atom. The number of pyridine rings is 1. The third kappa shape index (κ3) is 2.70. The standard InChI is InChI=1S/C19H17ClN2O3S/c1-12-3-4-13-10-14-7-8-22(19(14)21-17(13)9-12)26(23,24)15-5-6-18(25-2)16(20)11-15/h3-6,9-11H,7-8H2,1-2H3. The van der Waals surface area contributed by atoms with Crippen LogP contribution >= 0.6 is 11.6 Å². The molecule has 0 radical (unpaired) electrons. The fourth-order valence-electron chi connectivity index (χ4n) is 3.21.